The summed E-state index contributed by atoms with van der Waals surface area (Å²) in [7, 11) is 3.35. The summed E-state index contributed by atoms with van der Waals surface area (Å²) >= 11 is 0. The molecule has 3 nitrogen and oxygen atoms in total. The summed E-state index contributed by atoms with van der Waals surface area (Å²) in [5, 5.41) is 9.16. The zero-order chi connectivity index (χ0) is 12.5. The Balaban J connectivity index is 2.10. The number of aromatic hydroxyl groups is 1. The third-order valence-electron chi connectivity index (χ3n) is 2.87. The Kier molecular flexibility index (Phi) is 6.92. The Morgan fingerprint density at radius 2 is 1.76 bits per heavy atom. The lowest BCUT2D eigenvalue weighted by Gasteiger charge is -2.12. The van der Waals surface area contributed by atoms with Gasteiger partial charge in [0.25, 0.3) is 0 Å². The van der Waals surface area contributed by atoms with Crippen molar-refractivity contribution in [3.8, 4) is 5.75 Å². The maximum atomic E-state index is 9.16. The second-order valence-electron chi connectivity index (χ2n) is 4.17. The van der Waals surface area contributed by atoms with Crippen molar-refractivity contribution in [2.75, 3.05) is 14.2 Å². The van der Waals surface area contributed by atoms with Gasteiger partial charge in [-0.25, -0.2) is 0 Å². The molecule has 1 rings (SSSR count). The van der Waals surface area contributed by atoms with Crippen molar-refractivity contribution in [1.29, 1.82) is 0 Å². The van der Waals surface area contributed by atoms with Crippen molar-refractivity contribution in [3.05, 3.63) is 29.8 Å². The average molecular weight is 254 g/mol. The quantitative estimate of drug-likeness (QED) is 0.438. The van der Waals surface area contributed by atoms with Gasteiger partial charge in [-0.1, -0.05) is 24.2 Å². The molecule has 0 aliphatic rings. The van der Waals surface area contributed by atoms with E-state index < -0.39 is 0 Å². The Bertz CT molecular complexity index is 296. The van der Waals surface area contributed by atoms with Gasteiger partial charge in [0, 0.05) is 23.7 Å². The lowest BCUT2D eigenvalue weighted by atomic mass is 10.2. The van der Waals surface area contributed by atoms with Gasteiger partial charge in [-0.15, -0.1) is 0 Å². The third kappa shape index (κ3) is 5.86. The van der Waals surface area contributed by atoms with Crippen LogP contribution in [0, 0.1) is 0 Å². The van der Waals surface area contributed by atoms with Crippen LogP contribution in [0.1, 0.15) is 12.0 Å². The second kappa shape index (κ2) is 8.28. The van der Waals surface area contributed by atoms with E-state index in [4.69, 9.17) is 14.6 Å². The Labute approximate surface area is 106 Å². The molecular weight excluding hydrogens is 232 g/mol. The van der Waals surface area contributed by atoms with Gasteiger partial charge in [-0.2, -0.15) is 0 Å². The number of hydrogen-bond acceptors (Lipinski definition) is 3. The molecule has 1 aromatic rings. The van der Waals surface area contributed by atoms with Crippen molar-refractivity contribution >= 4 is 9.52 Å². The molecule has 0 bridgehead atoms. The predicted molar refractivity (Wildman–Crippen MR) is 72.4 cm³/mol. The van der Waals surface area contributed by atoms with Gasteiger partial charge in [0.15, 0.2) is 6.29 Å². The zero-order valence-corrected chi connectivity index (χ0v) is 12.1. The fourth-order valence-corrected chi connectivity index (χ4v) is 3.45. The molecule has 0 aliphatic carbocycles. The molecule has 4 heteroatoms. The lowest BCUT2D eigenvalue weighted by Crippen LogP contribution is -2.13. The second-order valence-corrected chi connectivity index (χ2v) is 6.29. The first-order chi connectivity index (χ1) is 8.26. The summed E-state index contributed by atoms with van der Waals surface area (Å²) in [5.74, 6) is 0.342. The number of ether oxygens (including phenoxy) is 2. The van der Waals surface area contributed by atoms with E-state index >= 15 is 0 Å². The summed E-state index contributed by atoms with van der Waals surface area (Å²) in [6.07, 6.45) is 2.10. The van der Waals surface area contributed by atoms with E-state index in [1.807, 2.05) is 12.1 Å². The van der Waals surface area contributed by atoms with Gasteiger partial charge >= 0.3 is 0 Å². The number of rotatable bonds is 8. The normalized spacial score (nSPS) is 11.7. The summed E-state index contributed by atoms with van der Waals surface area (Å²) in [5.41, 5.74) is 1.31. The number of hydrogen-bond donors (Lipinski definition) is 1. The van der Waals surface area contributed by atoms with E-state index in [0.717, 1.165) is 12.8 Å². The van der Waals surface area contributed by atoms with E-state index in [9.17, 15) is 0 Å². The van der Waals surface area contributed by atoms with Crippen LogP contribution in [0.4, 0.5) is 0 Å². The molecule has 0 unspecified atom stereocenters. The van der Waals surface area contributed by atoms with Gasteiger partial charge in [0.2, 0.25) is 0 Å². The maximum Gasteiger partial charge on any atom is 0.156 e. The highest BCUT2D eigenvalue weighted by atomic mass is 28.2. The van der Waals surface area contributed by atoms with Crippen LogP contribution >= 0.6 is 0 Å². The van der Waals surface area contributed by atoms with Crippen LogP contribution in [-0.4, -0.2) is 35.1 Å². The SMILES string of the molecule is COC(CC[SiH2]CCc1ccc(O)cc1)OC. The van der Waals surface area contributed by atoms with E-state index in [1.54, 1.807) is 26.4 Å². The zero-order valence-electron chi connectivity index (χ0n) is 10.7. The first-order valence-corrected chi connectivity index (χ1v) is 8.09. The molecule has 0 radical (unpaired) electrons. The smallest absolute Gasteiger partial charge is 0.156 e. The molecule has 0 atom stereocenters. The van der Waals surface area contributed by atoms with Crippen molar-refractivity contribution in [2.45, 2.75) is 31.2 Å². The fraction of sp³-hybridized carbons (Fsp3) is 0.538. The molecule has 0 heterocycles. The first kappa shape index (κ1) is 14.2. The molecule has 0 saturated carbocycles. The fourth-order valence-electron chi connectivity index (χ4n) is 1.81. The van der Waals surface area contributed by atoms with Crippen molar-refractivity contribution < 1.29 is 14.6 Å². The van der Waals surface area contributed by atoms with E-state index in [2.05, 4.69) is 0 Å². The number of aryl methyl sites for hydroxylation is 1. The minimum Gasteiger partial charge on any atom is -0.508 e. The molecule has 96 valence electrons. The Morgan fingerprint density at radius 3 is 2.35 bits per heavy atom. The van der Waals surface area contributed by atoms with Crippen LogP contribution in [0.15, 0.2) is 24.3 Å². The van der Waals surface area contributed by atoms with Gasteiger partial charge < -0.3 is 14.6 Å². The summed E-state index contributed by atoms with van der Waals surface area (Å²) in [6.45, 7) is 0. The standard InChI is InChI=1S/C13H22O3Si/c1-15-13(16-2)8-10-17-9-7-11-3-5-12(14)6-4-11/h3-6,13-14H,7-10,17H2,1-2H3. The number of phenolic OH excluding ortho intramolecular Hbond substituents is 1. The average Bonchev–Trinajstić information content (AvgIpc) is 2.36. The summed E-state index contributed by atoms with van der Waals surface area (Å²) < 4.78 is 10.3. The molecule has 0 aliphatic heterocycles. The van der Waals surface area contributed by atoms with Crippen LogP contribution in [0.25, 0.3) is 0 Å². The van der Waals surface area contributed by atoms with Crippen molar-refractivity contribution in [1.82, 2.24) is 0 Å². The van der Waals surface area contributed by atoms with E-state index in [0.29, 0.717) is 5.75 Å². The van der Waals surface area contributed by atoms with Gasteiger partial charge in [0.05, 0.1) is 0 Å². The molecule has 0 spiro atoms. The van der Waals surface area contributed by atoms with E-state index in [-0.39, 0.29) is 15.8 Å². The van der Waals surface area contributed by atoms with Gasteiger partial charge in [-0.05, 0) is 30.5 Å². The van der Waals surface area contributed by atoms with Crippen LogP contribution < -0.4 is 0 Å². The predicted octanol–water partition coefficient (Wildman–Crippen LogP) is 1.95. The number of phenols is 1. The highest BCUT2D eigenvalue weighted by Gasteiger charge is 2.04. The van der Waals surface area contributed by atoms with Crippen LogP contribution in [0.2, 0.25) is 12.1 Å². The highest BCUT2D eigenvalue weighted by Crippen LogP contribution is 2.12. The van der Waals surface area contributed by atoms with Crippen LogP contribution in [-0.2, 0) is 15.9 Å². The van der Waals surface area contributed by atoms with Crippen molar-refractivity contribution in [3.63, 3.8) is 0 Å². The number of methoxy groups -OCH3 is 2. The lowest BCUT2D eigenvalue weighted by molar-refractivity contribution is -0.103. The summed E-state index contributed by atoms with van der Waals surface area (Å²) in [6, 6.07) is 10.1. The van der Waals surface area contributed by atoms with E-state index in [1.165, 1.54) is 17.7 Å². The molecular formula is C13H22O3Si. The maximum absolute atomic E-state index is 9.16. The molecule has 0 saturated heterocycles. The Morgan fingerprint density at radius 1 is 1.12 bits per heavy atom. The van der Waals surface area contributed by atoms with Crippen molar-refractivity contribution in [2.24, 2.45) is 0 Å². The molecule has 0 aromatic heterocycles. The van der Waals surface area contributed by atoms with Gasteiger partial charge in [0.1, 0.15) is 5.75 Å². The molecule has 1 N–H and O–H groups in total. The topological polar surface area (TPSA) is 38.7 Å². The minimum absolute atomic E-state index is 0.0261. The van der Waals surface area contributed by atoms with Gasteiger partial charge in [-0.3, -0.25) is 0 Å². The highest BCUT2D eigenvalue weighted by molar-refractivity contribution is 6.35. The number of benzene rings is 1. The van der Waals surface area contributed by atoms with Crippen LogP contribution in [0.3, 0.4) is 0 Å². The first-order valence-electron chi connectivity index (χ1n) is 6.09. The Hall–Kier alpha value is -0.843. The van der Waals surface area contributed by atoms with Crippen LogP contribution in [0.5, 0.6) is 5.75 Å². The molecule has 0 fully saturated rings. The third-order valence-corrected chi connectivity index (χ3v) is 4.63. The monoisotopic (exact) mass is 254 g/mol. The molecule has 0 amide bonds. The minimum atomic E-state index is -0.0313. The largest absolute Gasteiger partial charge is 0.508 e. The molecule has 17 heavy (non-hydrogen) atoms. The molecule has 1 aromatic carbocycles. The summed E-state index contributed by atoms with van der Waals surface area (Å²) in [4.78, 5) is 0.